The van der Waals surface area contributed by atoms with Crippen molar-refractivity contribution in [3.05, 3.63) is 57.2 Å². The van der Waals surface area contributed by atoms with E-state index in [2.05, 4.69) is 39.0 Å². The molecule has 0 amide bonds. The second-order valence-electron chi connectivity index (χ2n) is 9.21. The Balaban J connectivity index is 2.37. The molecule has 0 aromatic heterocycles. The molecule has 0 saturated carbocycles. The summed E-state index contributed by atoms with van der Waals surface area (Å²) in [5, 5.41) is 10.4. The number of ketones is 2. The molecular formula is C28H43NO3. The van der Waals surface area contributed by atoms with E-state index in [4.69, 9.17) is 5.73 Å². The van der Waals surface area contributed by atoms with Crippen LogP contribution in [-0.4, -0.2) is 29.3 Å². The summed E-state index contributed by atoms with van der Waals surface area (Å²) in [4.78, 5) is 24.7. The van der Waals surface area contributed by atoms with Crippen molar-refractivity contribution in [3.8, 4) is 0 Å². The number of nitrogens with two attached hydrogens (primary N) is 1. The van der Waals surface area contributed by atoms with Crippen LogP contribution in [0.3, 0.4) is 0 Å². The van der Waals surface area contributed by atoms with E-state index in [1.54, 1.807) is 20.8 Å². The molecule has 0 bridgehead atoms. The van der Waals surface area contributed by atoms with Gasteiger partial charge in [0.15, 0.2) is 11.6 Å². The summed E-state index contributed by atoms with van der Waals surface area (Å²) in [5.74, 6) is -0.0898. The fourth-order valence-corrected chi connectivity index (χ4v) is 3.81. The Bertz CT molecular complexity index is 837. The molecule has 0 saturated heterocycles. The van der Waals surface area contributed by atoms with Gasteiger partial charge in [-0.3, -0.25) is 9.59 Å². The van der Waals surface area contributed by atoms with Crippen LogP contribution in [0.1, 0.15) is 92.9 Å². The summed E-state index contributed by atoms with van der Waals surface area (Å²) in [6, 6.07) is 0. The lowest BCUT2D eigenvalue weighted by molar-refractivity contribution is -0.116. The highest BCUT2D eigenvalue weighted by Gasteiger charge is 2.27. The Labute approximate surface area is 195 Å². The maximum Gasteiger partial charge on any atom is 0.185 e. The van der Waals surface area contributed by atoms with Crippen molar-refractivity contribution < 1.29 is 14.7 Å². The van der Waals surface area contributed by atoms with E-state index in [1.807, 2.05) is 0 Å². The molecule has 32 heavy (non-hydrogen) atoms. The van der Waals surface area contributed by atoms with E-state index in [-0.39, 0.29) is 11.6 Å². The lowest BCUT2D eigenvalue weighted by Gasteiger charge is -2.19. The summed E-state index contributed by atoms with van der Waals surface area (Å²) < 4.78 is 0. The molecule has 1 unspecified atom stereocenters. The fourth-order valence-electron chi connectivity index (χ4n) is 3.81. The molecule has 1 rings (SSSR count). The van der Waals surface area contributed by atoms with Crippen LogP contribution in [0.25, 0.3) is 0 Å². The molecule has 0 fully saturated rings. The maximum atomic E-state index is 12.5. The van der Waals surface area contributed by atoms with Crippen LogP contribution in [0, 0.1) is 0 Å². The lowest BCUT2D eigenvalue weighted by atomic mass is 9.83. The average Bonchev–Trinajstić information content (AvgIpc) is 2.76. The summed E-state index contributed by atoms with van der Waals surface area (Å²) in [6.07, 6.45) is 12.9. The van der Waals surface area contributed by atoms with Crippen molar-refractivity contribution >= 4 is 11.6 Å². The smallest absolute Gasteiger partial charge is 0.185 e. The molecule has 0 heterocycles. The van der Waals surface area contributed by atoms with Gasteiger partial charge >= 0.3 is 0 Å². The molecule has 1 atom stereocenters. The molecular weight excluding hydrogens is 398 g/mol. The van der Waals surface area contributed by atoms with Gasteiger partial charge in [0.2, 0.25) is 0 Å². The standard InChI is InChI=1S/C28H43NO3/c1-19(12-8-14-21(3)18-29)10-7-11-20(2)13-9-15-25(30)16-17-26-24(6)27(31)22(4)23(5)28(26)32/h10,13-14,25,30H,7-9,11-12,15-18,29H2,1-6H3/b19-10+,20-13+,21-14+. The van der Waals surface area contributed by atoms with Crippen LogP contribution in [0.4, 0.5) is 0 Å². The minimum Gasteiger partial charge on any atom is -0.393 e. The van der Waals surface area contributed by atoms with Crippen molar-refractivity contribution in [2.45, 2.75) is 99.0 Å². The van der Waals surface area contributed by atoms with Gasteiger partial charge in [-0.1, -0.05) is 34.9 Å². The summed E-state index contributed by atoms with van der Waals surface area (Å²) in [6.45, 7) is 12.2. The first-order valence-corrected chi connectivity index (χ1v) is 11.9. The van der Waals surface area contributed by atoms with Crippen LogP contribution in [0.5, 0.6) is 0 Å². The Morgan fingerprint density at radius 2 is 1.28 bits per heavy atom. The van der Waals surface area contributed by atoms with E-state index in [1.165, 1.54) is 16.7 Å². The van der Waals surface area contributed by atoms with Crippen LogP contribution < -0.4 is 5.73 Å². The largest absolute Gasteiger partial charge is 0.393 e. The zero-order chi connectivity index (χ0) is 24.3. The van der Waals surface area contributed by atoms with Gasteiger partial charge in [0, 0.05) is 28.8 Å². The first-order valence-electron chi connectivity index (χ1n) is 11.9. The van der Waals surface area contributed by atoms with Crippen molar-refractivity contribution in [1.82, 2.24) is 0 Å². The first kappa shape index (κ1) is 28.0. The fraction of sp³-hybridized carbons (Fsp3) is 0.571. The molecule has 0 aromatic carbocycles. The minimum atomic E-state index is -0.471. The van der Waals surface area contributed by atoms with Gasteiger partial charge < -0.3 is 10.8 Å². The zero-order valence-electron chi connectivity index (χ0n) is 21.0. The molecule has 0 spiro atoms. The van der Waals surface area contributed by atoms with Gasteiger partial charge in [-0.2, -0.15) is 0 Å². The highest BCUT2D eigenvalue weighted by atomic mass is 16.3. The van der Waals surface area contributed by atoms with Crippen LogP contribution in [0.15, 0.2) is 57.2 Å². The molecule has 178 valence electrons. The van der Waals surface area contributed by atoms with E-state index < -0.39 is 6.10 Å². The number of allylic oxidation sites excluding steroid dienone is 9. The highest BCUT2D eigenvalue weighted by Crippen LogP contribution is 2.27. The second kappa shape index (κ2) is 14.2. The van der Waals surface area contributed by atoms with Gasteiger partial charge in [-0.15, -0.1) is 0 Å². The number of aliphatic hydroxyl groups excluding tert-OH is 1. The SMILES string of the molecule is CC1=C(C)C(=O)C(CCC(O)CC/C=C(\C)CC/C=C(\C)CC/C=C(\C)CN)=C(C)C1=O. The van der Waals surface area contributed by atoms with Gasteiger partial charge in [0.25, 0.3) is 0 Å². The second-order valence-corrected chi connectivity index (χ2v) is 9.21. The molecule has 1 aliphatic carbocycles. The normalized spacial score (nSPS) is 17.6. The highest BCUT2D eigenvalue weighted by molar-refractivity contribution is 6.24. The van der Waals surface area contributed by atoms with Gasteiger partial charge in [-0.25, -0.2) is 0 Å². The lowest BCUT2D eigenvalue weighted by Crippen LogP contribution is -2.21. The third-order valence-corrected chi connectivity index (χ3v) is 6.42. The molecule has 1 aliphatic rings. The number of rotatable bonds is 13. The number of hydrogen-bond donors (Lipinski definition) is 2. The molecule has 0 aliphatic heterocycles. The topological polar surface area (TPSA) is 80.4 Å². The van der Waals surface area contributed by atoms with Crippen LogP contribution in [-0.2, 0) is 9.59 Å². The number of carbonyl (C=O) groups excluding carboxylic acids is 2. The third-order valence-electron chi connectivity index (χ3n) is 6.42. The predicted molar refractivity (Wildman–Crippen MR) is 134 cm³/mol. The van der Waals surface area contributed by atoms with Crippen LogP contribution in [0.2, 0.25) is 0 Å². The van der Waals surface area contributed by atoms with E-state index in [9.17, 15) is 14.7 Å². The van der Waals surface area contributed by atoms with Gasteiger partial charge in [0.05, 0.1) is 6.10 Å². The summed E-state index contributed by atoms with van der Waals surface area (Å²) >= 11 is 0. The Kier molecular flexibility index (Phi) is 12.4. The predicted octanol–water partition coefficient (Wildman–Crippen LogP) is 6.07. The Morgan fingerprint density at radius 3 is 1.84 bits per heavy atom. The number of hydrogen-bond acceptors (Lipinski definition) is 4. The average molecular weight is 442 g/mol. The quantitative estimate of drug-likeness (QED) is 0.268. The van der Waals surface area contributed by atoms with E-state index in [0.717, 1.165) is 32.1 Å². The number of aliphatic hydroxyl groups is 1. The molecule has 0 radical (unpaired) electrons. The molecule has 3 N–H and O–H groups in total. The third kappa shape index (κ3) is 9.22. The van der Waals surface area contributed by atoms with E-state index >= 15 is 0 Å². The molecule has 4 heteroatoms. The first-order chi connectivity index (χ1) is 15.1. The maximum absolute atomic E-state index is 12.5. The Hall–Kier alpha value is -2.04. The Morgan fingerprint density at radius 1 is 0.781 bits per heavy atom. The zero-order valence-corrected chi connectivity index (χ0v) is 21.0. The number of carbonyl (C=O) groups is 2. The van der Waals surface area contributed by atoms with Crippen molar-refractivity contribution in [2.24, 2.45) is 5.73 Å². The monoisotopic (exact) mass is 441 g/mol. The number of Topliss-reactive ketones (excluding diaryl/α,β-unsaturated/α-hetero) is 2. The van der Waals surface area contributed by atoms with Gasteiger partial charge in [0.1, 0.15) is 0 Å². The van der Waals surface area contributed by atoms with Crippen LogP contribution >= 0.6 is 0 Å². The molecule has 4 nitrogen and oxygen atoms in total. The van der Waals surface area contributed by atoms with Crippen molar-refractivity contribution in [3.63, 3.8) is 0 Å². The summed E-state index contributed by atoms with van der Waals surface area (Å²) in [5.41, 5.74) is 11.8. The van der Waals surface area contributed by atoms with Crippen molar-refractivity contribution in [2.75, 3.05) is 6.54 Å². The minimum absolute atomic E-state index is 0.0448. The molecule has 0 aromatic rings. The van der Waals surface area contributed by atoms with E-state index in [0.29, 0.717) is 48.1 Å². The van der Waals surface area contributed by atoms with Crippen molar-refractivity contribution in [1.29, 1.82) is 0 Å². The summed E-state index contributed by atoms with van der Waals surface area (Å²) in [7, 11) is 0. The van der Waals surface area contributed by atoms with Gasteiger partial charge in [-0.05, 0) is 92.9 Å².